The average molecular weight is 261 g/mol. The maximum absolute atomic E-state index is 11.9. The van der Waals surface area contributed by atoms with Crippen LogP contribution in [0.3, 0.4) is 0 Å². The molecular formula is C16H23NO2. The maximum atomic E-state index is 11.9. The molecule has 3 heteroatoms. The number of hydrogen-bond acceptors (Lipinski definition) is 2. The van der Waals surface area contributed by atoms with Crippen LogP contribution >= 0.6 is 0 Å². The van der Waals surface area contributed by atoms with Gasteiger partial charge in [0.05, 0.1) is 0 Å². The second kappa shape index (κ2) is 6.09. The smallest absolute Gasteiger partial charge is 0.260 e. The van der Waals surface area contributed by atoms with Gasteiger partial charge < -0.3 is 9.64 Å². The summed E-state index contributed by atoms with van der Waals surface area (Å²) in [5.74, 6) is 1.40. The summed E-state index contributed by atoms with van der Waals surface area (Å²) in [4.78, 5) is 13.8. The first-order chi connectivity index (χ1) is 9.08. The summed E-state index contributed by atoms with van der Waals surface area (Å²) in [5, 5.41) is 0. The maximum Gasteiger partial charge on any atom is 0.260 e. The Hall–Kier alpha value is -1.51. The lowest BCUT2D eigenvalue weighted by molar-refractivity contribution is -0.132. The van der Waals surface area contributed by atoms with Gasteiger partial charge in [-0.05, 0) is 48.9 Å². The lowest BCUT2D eigenvalue weighted by Crippen LogP contribution is -2.32. The van der Waals surface area contributed by atoms with Gasteiger partial charge in [-0.25, -0.2) is 0 Å². The van der Waals surface area contributed by atoms with E-state index in [9.17, 15) is 4.79 Å². The third kappa shape index (κ3) is 3.49. The Labute approximate surface area is 115 Å². The Morgan fingerprint density at radius 3 is 2.58 bits per heavy atom. The summed E-state index contributed by atoms with van der Waals surface area (Å²) in [5.41, 5.74) is 2.55. The Bertz CT molecular complexity index is 448. The van der Waals surface area contributed by atoms with E-state index in [0.29, 0.717) is 5.92 Å². The van der Waals surface area contributed by atoms with Crippen LogP contribution in [0.25, 0.3) is 0 Å². The van der Waals surface area contributed by atoms with Gasteiger partial charge in [-0.2, -0.15) is 0 Å². The summed E-state index contributed by atoms with van der Waals surface area (Å²) < 4.78 is 5.60. The van der Waals surface area contributed by atoms with Crippen LogP contribution in [0.15, 0.2) is 18.2 Å². The van der Waals surface area contributed by atoms with E-state index in [4.69, 9.17) is 4.74 Å². The Kier molecular flexibility index (Phi) is 4.46. The van der Waals surface area contributed by atoms with Crippen LogP contribution in [0.2, 0.25) is 0 Å². The Morgan fingerprint density at radius 2 is 2.00 bits per heavy atom. The molecule has 0 radical (unpaired) electrons. The SMILES string of the molecule is Cc1cc(OCC(=O)N2CCCC2)ccc1C(C)C. The predicted octanol–water partition coefficient (Wildman–Crippen LogP) is 3.12. The molecule has 1 aromatic rings. The fraction of sp³-hybridized carbons (Fsp3) is 0.562. The number of ether oxygens (including phenoxy) is 1. The number of aryl methyl sites for hydroxylation is 1. The van der Waals surface area contributed by atoms with Crippen LogP contribution in [0, 0.1) is 6.92 Å². The zero-order valence-corrected chi connectivity index (χ0v) is 12.1. The first kappa shape index (κ1) is 13.9. The van der Waals surface area contributed by atoms with E-state index >= 15 is 0 Å². The minimum Gasteiger partial charge on any atom is -0.484 e. The van der Waals surface area contributed by atoms with E-state index < -0.39 is 0 Å². The summed E-state index contributed by atoms with van der Waals surface area (Å²) in [6, 6.07) is 6.07. The fourth-order valence-electron chi connectivity index (χ4n) is 2.59. The molecule has 0 atom stereocenters. The zero-order valence-electron chi connectivity index (χ0n) is 12.1. The fourth-order valence-corrected chi connectivity index (χ4v) is 2.59. The van der Waals surface area contributed by atoms with E-state index in [1.807, 2.05) is 17.0 Å². The Morgan fingerprint density at radius 1 is 1.32 bits per heavy atom. The molecule has 0 N–H and O–H groups in total. The number of benzene rings is 1. The quantitative estimate of drug-likeness (QED) is 0.833. The van der Waals surface area contributed by atoms with E-state index in [1.54, 1.807) is 0 Å². The number of carbonyl (C=O) groups is 1. The summed E-state index contributed by atoms with van der Waals surface area (Å²) in [7, 11) is 0. The molecule has 0 bridgehead atoms. The molecule has 1 amide bonds. The molecule has 0 aliphatic carbocycles. The summed E-state index contributed by atoms with van der Waals surface area (Å²) in [6.07, 6.45) is 2.24. The van der Waals surface area contributed by atoms with Crippen molar-refractivity contribution in [2.24, 2.45) is 0 Å². The molecule has 19 heavy (non-hydrogen) atoms. The predicted molar refractivity (Wildman–Crippen MR) is 76.6 cm³/mol. The minimum absolute atomic E-state index is 0.100. The number of hydrogen-bond donors (Lipinski definition) is 0. The number of carbonyl (C=O) groups excluding carboxylic acids is 1. The Balaban J connectivity index is 1.92. The van der Waals surface area contributed by atoms with E-state index in [-0.39, 0.29) is 12.5 Å². The van der Waals surface area contributed by atoms with E-state index in [1.165, 1.54) is 11.1 Å². The van der Waals surface area contributed by atoms with Gasteiger partial charge in [0.1, 0.15) is 5.75 Å². The van der Waals surface area contributed by atoms with Crippen molar-refractivity contribution in [3.8, 4) is 5.75 Å². The third-order valence-electron chi connectivity index (χ3n) is 3.68. The van der Waals surface area contributed by atoms with Crippen molar-refractivity contribution in [1.29, 1.82) is 0 Å². The molecule has 0 aromatic heterocycles. The minimum atomic E-state index is 0.100. The largest absolute Gasteiger partial charge is 0.484 e. The van der Waals surface area contributed by atoms with Gasteiger partial charge in [0.2, 0.25) is 0 Å². The summed E-state index contributed by atoms with van der Waals surface area (Å²) >= 11 is 0. The number of rotatable bonds is 4. The van der Waals surface area contributed by atoms with Crippen LogP contribution < -0.4 is 4.74 Å². The highest BCUT2D eigenvalue weighted by Crippen LogP contribution is 2.23. The van der Waals surface area contributed by atoms with Crippen LogP contribution in [0.1, 0.15) is 43.7 Å². The first-order valence-corrected chi connectivity index (χ1v) is 7.09. The van der Waals surface area contributed by atoms with Crippen LogP contribution in [0.5, 0.6) is 5.75 Å². The van der Waals surface area contributed by atoms with Crippen LogP contribution in [-0.4, -0.2) is 30.5 Å². The van der Waals surface area contributed by atoms with Gasteiger partial charge in [-0.15, -0.1) is 0 Å². The molecule has 0 unspecified atom stereocenters. The van der Waals surface area contributed by atoms with Crippen molar-refractivity contribution in [2.75, 3.05) is 19.7 Å². The molecule has 104 valence electrons. The van der Waals surface area contributed by atoms with Gasteiger partial charge >= 0.3 is 0 Å². The topological polar surface area (TPSA) is 29.5 Å². The molecule has 1 aromatic carbocycles. The molecule has 1 heterocycles. The van der Waals surface area contributed by atoms with Gasteiger partial charge in [-0.1, -0.05) is 19.9 Å². The molecule has 0 saturated carbocycles. The third-order valence-corrected chi connectivity index (χ3v) is 3.68. The van der Waals surface area contributed by atoms with E-state index in [0.717, 1.165) is 31.7 Å². The lowest BCUT2D eigenvalue weighted by Gasteiger charge is -2.16. The molecule has 1 aliphatic rings. The number of nitrogens with zero attached hydrogens (tertiary/aromatic N) is 1. The second-order valence-corrected chi connectivity index (χ2v) is 5.55. The second-order valence-electron chi connectivity index (χ2n) is 5.55. The standard InChI is InChI=1S/C16H23NO2/c1-12(2)15-7-6-14(10-13(15)3)19-11-16(18)17-8-4-5-9-17/h6-7,10,12H,4-5,8-9,11H2,1-3H3. The van der Waals surface area contributed by atoms with Gasteiger partial charge in [0, 0.05) is 13.1 Å². The highest BCUT2D eigenvalue weighted by Gasteiger charge is 2.18. The van der Waals surface area contributed by atoms with Gasteiger partial charge in [0.25, 0.3) is 5.91 Å². The molecule has 3 nitrogen and oxygen atoms in total. The summed E-state index contributed by atoms with van der Waals surface area (Å²) in [6.45, 7) is 8.37. The van der Waals surface area contributed by atoms with Crippen molar-refractivity contribution in [1.82, 2.24) is 4.90 Å². The van der Waals surface area contributed by atoms with Crippen LogP contribution in [-0.2, 0) is 4.79 Å². The van der Waals surface area contributed by atoms with Crippen molar-refractivity contribution >= 4 is 5.91 Å². The lowest BCUT2D eigenvalue weighted by atomic mass is 9.98. The van der Waals surface area contributed by atoms with Crippen molar-refractivity contribution < 1.29 is 9.53 Å². The number of amides is 1. The zero-order chi connectivity index (χ0) is 13.8. The molecule has 1 fully saturated rings. The van der Waals surface area contributed by atoms with Crippen molar-refractivity contribution in [3.63, 3.8) is 0 Å². The monoisotopic (exact) mass is 261 g/mol. The van der Waals surface area contributed by atoms with Crippen LogP contribution in [0.4, 0.5) is 0 Å². The highest BCUT2D eigenvalue weighted by atomic mass is 16.5. The normalized spacial score (nSPS) is 15.1. The molecular weight excluding hydrogens is 238 g/mol. The van der Waals surface area contributed by atoms with E-state index in [2.05, 4.69) is 26.8 Å². The van der Waals surface area contributed by atoms with Crippen molar-refractivity contribution in [2.45, 2.75) is 39.5 Å². The van der Waals surface area contributed by atoms with Gasteiger partial charge in [0.15, 0.2) is 6.61 Å². The highest BCUT2D eigenvalue weighted by molar-refractivity contribution is 5.78. The molecule has 1 aliphatic heterocycles. The van der Waals surface area contributed by atoms with Crippen molar-refractivity contribution in [3.05, 3.63) is 29.3 Å². The molecule has 2 rings (SSSR count). The average Bonchev–Trinajstić information content (AvgIpc) is 2.89. The number of likely N-dealkylation sites (tertiary alicyclic amines) is 1. The van der Waals surface area contributed by atoms with Gasteiger partial charge in [-0.3, -0.25) is 4.79 Å². The molecule has 0 spiro atoms. The molecule has 1 saturated heterocycles. The first-order valence-electron chi connectivity index (χ1n) is 7.09.